The molecule has 0 aliphatic carbocycles. The molecule has 0 atom stereocenters. The number of aryl methyl sites for hydroxylation is 2. The number of carbonyl (C=O) groups excluding carboxylic acids is 2. The maximum atomic E-state index is 13.2. The summed E-state index contributed by atoms with van der Waals surface area (Å²) in [6.07, 6.45) is 0.668. The quantitative estimate of drug-likeness (QED) is 0.112. The van der Waals surface area contributed by atoms with Gasteiger partial charge in [-0.2, -0.15) is 5.26 Å². The Labute approximate surface area is 292 Å². The molecule has 0 radical (unpaired) electrons. The lowest BCUT2D eigenvalue weighted by Crippen LogP contribution is -2.23. The minimum Gasteiger partial charge on any atom is -0.495 e. The summed E-state index contributed by atoms with van der Waals surface area (Å²) in [6.45, 7) is 5.42. The molecule has 0 aliphatic heterocycles. The first-order valence-electron chi connectivity index (χ1n) is 16.3. The zero-order valence-electron chi connectivity index (χ0n) is 28.7. The van der Waals surface area contributed by atoms with Crippen molar-refractivity contribution in [2.24, 2.45) is 12.8 Å². The van der Waals surface area contributed by atoms with Crippen LogP contribution >= 0.6 is 0 Å². The van der Waals surface area contributed by atoms with Gasteiger partial charge in [0.05, 0.1) is 36.2 Å². The van der Waals surface area contributed by atoms with Crippen molar-refractivity contribution in [2.75, 3.05) is 25.6 Å². The highest BCUT2D eigenvalue weighted by Gasteiger charge is 2.17. The molecule has 0 saturated carbocycles. The number of amides is 2. The Balaban J connectivity index is 1.22. The zero-order valence-corrected chi connectivity index (χ0v) is 28.7. The Hall–Kier alpha value is -6.05. The number of nitrogens with zero attached hydrogens (tertiary/aromatic N) is 2. The number of methoxy groups -OCH3 is 1. The predicted octanol–water partition coefficient (Wildman–Crippen LogP) is 6.68. The Bertz CT molecular complexity index is 2030. The average Bonchev–Trinajstić information content (AvgIpc) is 3.43. The van der Waals surface area contributed by atoms with Crippen molar-refractivity contribution in [1.29, 1.82) is 5.26 Å². The molecule has 2 amide bonds. The van der Waals surface area contributed by atoms with Crippen molar-refractivity contribution in [3.8, 4) is 34.6 Å². The van der Waals surface area contributed by atoms with Gasteiger partial charge in [-0.3, -0.25) is 9.59 Å². The maximum Gasteiger partial charge on any atom is 0.259 e. The Morgan fingerprint density at radius 1 is 0.880 bits per heavy atom. The van der Waals surface area contributed by atoms with Crippen LogP contribution in [0.1, 0.15) is 55.1 Å². The number of para-hydroxylation sites is 1. The second kappa shape index (κ2) is 16.4. The van der Waals surface area contributed by atoms with Crippen LogP contribution in [0.3, 0.4) is 0 Å². The van der Waals surface area contributed by atoms with E-state index in [0.29, 0.717) is 65.8 Å². The van der Waals surface area contributed by atoms with E-state index in [4.69, 9.17) is 19.9 Å². The van der Waals surface area contributed by atoms with E-state index in [2.05, 4.69) is 16.7 Å². The first-order valence-corrected chi connectivity index (χ1v) is 16.3. The number of anilines is 1. The maximum absolute atomic E-state index is 13.2. The van der Waals surface area contributed by atoms with Crippen LogP contribution in [0.4, 0.5) is 5.69 Å². The molecular formula is C40H41N5O5. The molecule has 1 aromatic heterocycles. The predicted molar refractivity (Wildman–Crippen MR) is 194 cm³/mol. The van der Waals surface area contributed by atoms with Gasteiger partial charge in [-0.1, -0.05) is 48.5 Å². The van der Waals surface area contributed by atoms with Gasteiger partial charge in [0.2, 0.25) is 0 Å². The number of hydrogen-bond acceptors (Lipinski definition) is 7. The van der Waals surface area contributed by atoms with Gasteiger partial charge in [0.25, 0.3) is 11.8 Å². The molecule has 10 heteroatoms. The van der Waals surface area contributed by atoms with E-state index in [1.807, 2.05) is 74.0 Å². The largest absolute Gasteiger partial charge is 0.495 e. The molecule has 0 fully saturated rings. The molecule has 5 rings (SSSR count). The van der Waals surface area contributed by atoms with E-state index in [0.717, 1.165) is 33.6 Å². The zero-order chi connectivity index (χ0) is 35.6. The van der Waals surface area contributed by atoms with Crippen LogP contribution in [0, 0.1) is 25.2 Å². The van der Waals surface area contributed by atoms with Crippen molar-refractivity contribution in [3.63, 3.8) is 0 Å². The third-order valence-electron chi connectivity index (χ3n) is 8.33. The molecule has 5 aromatic rings. The van der Waals surface area contributed by atoms with Gasteiger partial charge in [-0.05, 0) is 86.0 Å². The second-order valence-electron chi connectivity index (χ2n) is 11.9. The van der Waals surface area contributed by atoms with Crippen molar-refractivity contribution in [2.45, 2.75) is 33.4 Å². The monoisotopic (exact) mass is 671 g/mol. The molecule has 0 saturated heterocycles. The Morgan fingerprint density at radius 3 is 2.40 bits per heavy atom. The number of hydrogen-bond donors (Lipinski definition) is 3. The minimum absolute atomic E-state index is 0.235. The van der Waals surface area contributed by atoms with E-state index >= 15 is 0 Å². The number of rotatable bonds is 14. The summed E-state index contributed by atoms with van der Waals surface area (Å²) < 4.78 is 19.5. The molecule has 0 spiro atoms. The molecule has 4 aromatic carbocycles. The fourth-order valence-corrected chi connectivity index (χ4v) is 5.48. The number of carbonyl (C=O) groups is 2. The highest BCUT2D eigenvalue weighted by atomic mass is 16.5. The average molecular weight is 672 g/mol. The van der Waals surface area contributed by atoms with E-state index < -0.39 is 0 Å². The van der Waals surface area contributed by atoms with E-state index in [1.54, 1.807) is 42.5 Å². The number of nitrogens with two attached hydrogens (primary N) is 1. The number of benzene rings is 4. The van der Waals surface area contributed by atoms with E-state index in [9.17, 15) is 14.9 Å². The lowest BCUT2D eigenvalue weighted by atomic mass is 10.1. The van der Waals surface area contributed by atoms with Crippen LogP contribution in [0.5, 0.6) is 17.2 Å². The lowest BCUT2D eigenvalue weighted by molar-refractivity contribution is 0.0949. The molecule has 50 heavy (non-hydrogen) atoms. The van der Waals surface area contributed by atoms with Gasteiger partial charge >= 0.3 is 0 Å². The second-order valence-corrected chi connectivity index (χ2v) is 11.9. The fourth-order valence-electron chi connectivity index (χ4n) is 5.48. The van der Waals surface area contributed by atoms with Crippen LogP contribution in [0.25, 0.3) is 11.3 Å². The van der Waals surface area contributed by atoms with Crippen molar-refractivity contribution in [1.82, 2.24) is 9.88 Å². The van der Waals surface area contributed by atoms with Gasteiger partial charge in [-0.15, -0.1) is 0 Å². The van der Waals surface area contributed by atoms with Crippen LogP contribution < -0.4 is 30.6 Å². The number of nitriles is 1. The number of nitrogens with one attached hydrogen (secondary N) is 2. The topological polar surface area (TPSA) is 141 Å². The van der Waals surface area contributed by atoms with Crippen LogP contribution in [0.2, 0.25) is 0 Å². The van der Waals surface area contributed by atoms with Crippen molar-refractivity contribution >= 4 is 17.5 Å². The summed E-state index contributed by atoms with van der Waals surface area (Å²) in [5.41, 5.74) is 13.0. The third kappa shape index (κ3) is 8.32. The van der Waals surface area contributed by atoms with E-state index in [1.165, 1.54) is 7.11 Å². The standard InChI is InChI=1S/C40H41N5O5/c1-26-10-13-31(36(20-26)50-25-28-11-14-29(15-12-28)38-32(23-42)21-27(2)45(38)3)24-43-39(46)30-16-17-34(37(22-30)48-4)44-40(47)33-8-5-6-9-35(33)49-19-7-18-41/h5-6,8-17,20-22H,7,18-19,24-25,41H2,1-4H3,(H,43,46)(H,44,47). The minimum atomic E-state index is -0.369. The molecule has 256 valence electrons. The molecule has 1 heterocycles. The first kappa shape index (κ1) is 35.3. The molecule has 4 N–H and O–H groups in total. The van der Waals surface area contributed by atoms with Gasteiger partial charge < -0.3 is 35.1 Å². The van der Waals surface area contributed by atoms with E-state index in [-0.39, 0.29) is 18.4 Å². The third-order valence-corrected chi connectivity index (χ3v) is 8.33. The molecule has 10 nitrogen and oxygen atoms in total. The molecular weight excluding hydrogens is 630 g/mol. The summed E-state index contributed by atoms with van der Waals surface area (Å²) in [4.78, 5) is 26.4. The van der Waals surface area contributed by atoms with Crippen molar-refractivity contribution in [3.05, 3.63) is 130 Å². The summed E-state index contributed by atoms with van der Waals surface area (Å²) in [6, 6.07) is 29.8. The summed E-state index contributed by atoms with van der Waals surface area (Å²) in [5.74, 6) is 0.783. The van der Waals surface area contributed by atoms with Crippen LogP contribution in [-0.2, 0) is 20.2 Å². The highest BCUT2D eigenvalue weighted by Crippen LogP contribution is 2.29. The number of aromatic nitrogens is 1. The van der Waals surface area contributed by atoms with Gasteiger partial charge in [0.15, 0.2) is 0 Å². The van der Waals surface area contributed by atoms with Crippen LogP contribution in [-0.4, -0.2) is 36.6 Å². The van der Waals surface area contributed by atoms with Crippen molar-refractivity contribution < 1.29 is 23.8 Å². The lowest BCUT2D eigenvalue weighted by Gasteiger charge is -2.15. The van der Waals surface area contributed by atoms with Crippen LogP contribution in [0.15, 0.2) is 91.0 Å². The summed E-state index contributed by atoms with van der Waals surface area (Å²) >= 11 is 0. The molecule has 0 aliphatic rings. The smallest absolute Gasteiger partial charge is 0.259 e. The SMILES string of the molecule is COc1cc(C(=O)NCc2ccc(C)cc2OCc2ccc(-c3c(C#N)cc(C)n3C)cc2)ccc1NC(=O)c1ccccc1OCCCN. The molecule has 0 bridgehead atoms. The molecule has 0 unspecified atom stereocenters. The first-order chi connectivity index (χ1) is 24.2. The normalized spacial score (nSPS) is 10.6. The Morgan fingerprint density at radius 2 is 1.66 bits per heavy atom. The van der Waals surface area contributed by atoms with Gasteiger partial charge in [-0.25, -0.2) is 0 Å². The summed E-state index contributed by atoms with van der Waals surface area (Å²) in [5, 5.41) is 15.4. The highest BCUT2D eigenvalue weighted by molar-refractivity contribution is 6.07. The van der Waals surface area contributed by atoms with Gasteiger partial charge in [0, 0.05) is 30.4 Å². The summed E-state index contributed by atoms with van der Waals surface area (Å²) in [7, 11) is 3.43. The van der Waals surface area contributed by atoms with Gasteiger partial charge in [0.1, 0.15) is 29.9 Å². The number of ether oxygens (including phenoxy) is 3. The fraction of sp³-hybridized carbons (Fsp3) is 0.225. The Kier molecular flexibility index (Phi) is 11.5.